The number of alkyl halides is 3. The van der Waals surface area contributed by atoms with Gasteiger partial charge in [-0.25, -0.2) is 19.7 Å². The normalized spacial score (nSPS) is 24.3. The molecule has 0 aliphatic carbocycles. The van der Waals surface area contributed by atoms with Crippen LogP contribution in [0.4, 0.5) is 29.5 Å². The predicted octanol–water partition coefficient (Wildman–Crippen LogP) is 3.04. The minimum Gasteiger partial charge on any atom is -0.354 e. The number of benzene rings is 1. The van der Waals surface area contributed by atoms with Crippen LogP contribution in [-0.4, -0.2) is 62.1 Å². The average molecular weight is 535 g/mol. The second-order valence-electron chi connectivity index (χ2n) is 9.11. The Morgan fingerprint density at radius 3 is 2.45 bits per heavy atom. The van der Waals surface area contributed by atoms with Crippen molar-refractivity contribution in [2.45, 2.75) is 57.3 Å². The first-order valence-electron chi connectivity index (χ1n) is 11.7. The number of hydrogen-bond donors (Lipinski definition) is 3. The Bertz CT molecular complexity index is 1360. The molecule has 0 spiro atoms. The molecule has 12 nitrogen and oxygen atoms in total. The van der Waals surface area contributed by atoms with E-state index in [1.807, 2.05) is 0 Å². The van der Waals surface area contributed by atoms with Crippen molar-refractivity contribution in [1.29, 1.82) is 0 Å². The van der Waals surface area contributed by atoms with Crippen LogP contribution in [0.2, 0.25) is 0 Å². The zero-order valence-corrected chi connectivity index (χ0v) is 20.4. The fraction of sp³-hybridized carbons (Fsp3) is 0.435. The van der Waals surface area contributed by atoms with E-state index in [4.69, 9.17) is 14.2 Å². The second-order valence-corrected chi connectivity index (χ2v) is 9.11. The van der Waals surface area contributed by atoms with E-state index in [1.165, 1.54) is 12.7 Å². The number of amides is 3. The monoisotopic (exact) mass is 535 g/mol. The third kappa shape index (κ3) is 4.87. The Kier molecular flexibility index (Phi) is 6.44. The van der Waals surface area contributed by atoms with Gasteiger partial charge < -0.3 is 24.8 Å². The topological polar surface area (TPSA) is 142 Å². The maximum absolute atomic E-state index is 12.8. The third-order valence-electron chi connectivity index (χ3n) is 5.97. The van der Waals surface area contributed by atoms with Gasteiger partial charge in [0.1, 0.15) is 18.5 Å². The van der Waals surface area contributed by atoms with Gasteiger partial charge in [-0.3, -0.25) is 14.7 Å². The first kappa shape index (κ1) is 25.8. The van der Waals surface area contributed by atoms with Gasteiger partial charge >= 0.3 is 12.2 Å². The molecule has 2 aliphatic rings. The summed E-state index contributed by atoms with van der Waals surface area (Å²) < 4.78 is 57.9. The summed E-state index contributed by atoms with van der Waals surface area (Å²) in [6, 6.07) is 3.24. The van der Waals surface area contributed by atoms with Gasteiger partial charge in [0.15, 0.2) is 35.1 Å². The number of aromatic nitrogens is 4. The molecule has 0 unspecified atom stereocenters. The van der Waals surface area contributed by atoms with Crippen LogP contribution in [0, 0.1) is 0 Å². The van der Waals surface area contributed by atoms with Crippen LogP contribution in [0.1, 0.15) is 32.6 Å². The molecule has 3 amide bonds. The Hall–Kier alpha value is -3.82. The van der Waals surface area contributed by atoms with Crippen molar-refractivity contribution >= 4 is 34.6 Å². The lowest BCUT2D eigenvalue weighted by Gasteiger charge is -2.24. The number of nitrogens with zero attached hydrogens (tertiary/aromatic N) is 4. The van der Waals surface area contributed by atoms with Crippen LogP contribution in [0.25, 0.3) is 11.2 Å². The van der Waals surface area contributed by atoms with Gasteiger partial charge in [-0.1, -0.05) is 0 Å². The lowest BCUT2D eigenvalue weighted by Crippen LogP contribution is -2.42. The molecule has 0 bridgehead atoms. The van der Waals surface area contributed by atoms with Gasteiger partial charge in [0.05, 0.1) is 11.9 Å². The summed E-state index contributed by atoms with van der Waals surface area (Å²) in [5, 5.41) is 7.70. The summed E-state index contributed by atoms with van der Waals surface area (Å²) in [6.07, 6.45) is -4.92. The average Bonchev–Trinajstić information content (AvgIpc) is 3.50. The van der Waals surface area contributed by atoms with Crippen LogP contribution < -0.4 is 16.0 Å². The lowest BCUT2D eigenvalue weighted by atomic mass is 10.1. The molecule has 4 atom stereocenters. The Morgan fingerprint density at radius 2 is 1.76 bits per heavy atom. The quantitative estimate of drug-likeness (QED) is 0.453. The number of carbonyl (C=O) groups excluding carboxylic acids is 2. The molecule has 2 aromatic heterocycles. The molecule has 4 heterocycles. The molecule has 0 saturated carbocycles. The van der Waals surface area contributed by atoms with E-state index in [1.54, 1.807) is 25.3 Å². The summed E-state index contributed by atoms with van der Waals surface area (Å²) >= 11 is 0. The Labute approximate surface area is 213 Å². The van der Waals surface area contributed by atoms with E-state index in [2.05, 4.69) is 30.9 Å². The molecular formula is C23H24F3N7O5. The number of carbonyl (C=O) groups is 2. The first-order valence-corrected chi connectivity index (χ1v) is 11.7. The Morgan fingerprint density at radius 1 is 1.05 bits per heavy atom. The van der Waals surface area contributed by atoms with Gasteiger partial charge in [0.2, 0.25) is 0 Å². The summed E-state index contributed by atoms with van der Waals surface area (Å²) in [7, 11) is 0. The minimum atomic E-state index is -4.49. The lowest BCUT2D eigenvalue weighted by molar-refractivity contribution is -0.197. The SMILES string of the molecule is CCNC(=O)[C@H]1O[C@@H](n2cnc3c(NC(=O)Nc4ccc(C(F)(F)F)cc4)ncnc32)[C@@H]2OC(C)(C)O[C@@H]21. The number of hydrogen-bond acceptors (Lipinski definition) is 8. The van der Waals surface area contributed by atoms with E-state index >= 15 is 0 Å². The highest BCUT2D eigenvalue weighted by Crippen LogP contribution is 2.44. The number of imidazole rings is 1. The number of rotatable bonds is 5. The van der Waals surface area contributed by atoms with Crippen LogP contribution in [0.15, 0.2) is 36.9 Å². The number of nitrogens with one attached hydrogen (secondary N) is 3. The molecule has 1 aromatic carbocycles. The van der Waals surface area contributed by atoms with Gasteiger partial charge in [-0.05, 0) is 45.0 Å². The van der Waals surface area contributed by atoms with Crippen molar-refractivity contribution < 1.29 is 37.0 Å². The molecule has 15 heteroatoms. The Balaban J connectivity index is 1.36. The molecular weight excluding hydrogens is 511 g/mol. The fourth-order valence-electron chi connectivity index (χ4n) is 4.43. The van der Waals surface area contributed by atoms with Gasteiger partial charge in [-0.15, -0.1) is 0 Å². The van der Waals surface area contributed by atoms with E-state index in [9.17, 15) is 22.8 Å². The summed E-state index contributed by atoms with van der Waals surface area (Å²) in [5.74, 6) is -1.24. The highest BCUT2D eigenvalue weighted by Gasteiger charge is 2.58. The smallest absolute Gasteiger partial charge is 0.354 e. The summed E-state index contributed by atoms with van der Waals surface area (Å²) in [4.78, 5) is 37.8. The molecule has 202 valence electrons. The van der Waals surface area contributed by atoms with Crippen molar-refractivity contribution in [3.05, 3.63) is 42.5 Å². The first-order chi connectivity index (χ1) is 18.0. The van der Waals surface area contributed by atoms with Gasteiger partial charge in [-0.2, -0.15) is 13.2 Å². The minimum absolute atomic E-state index is 0.0527. The number of ether oxygens (including phenoxy) is 3. The number of halogens is 3. The summed E-state index contributed by atoms with van der Waals surface area (Å²) in [6.45, 7) is 5.68. The zero-order valence-electron chi connectivity index (χ0n) is 20.4. The van der Waals surface area contributed by atoms with Crippen molar-refractivity contribution in [2.75, 3.05) is 17.2 Å². The van der Waals surface area contributed by atoms with Crippen LogP contribution in [0.3, 0.4) is 0 Å². The maximum atomic E-state index is 12.8. The highest BCUT2D eigenvalue weighted by atomic mass is 19.4. The van der Waals surface area contributed by atoms with E-state index < -0.39 is 48.1 Å². The number of fused-ring (bicyclic) bond motifs is 2. The number of anilines is 2. The van der Waals surface area contributed by atoms with Crippen LogP contribution in [-0.2, 0) is 25.2 Å². The molecule has 2 fully saturated rings. The third-order valence-corrected chi connectivity index (χ3v) is 5.97. The molecule has 38 heavy (non-hydrogen) atoms. The maximum Gasteiger partial charge on any atom is 0.416 e. The molecule has 3 aromatic rings. The number of likely N-dealkylation sites (N-methyl/N-ethyl adjacent to an activating group) is 1. The van der Waals surface area contributed by atoms with Crippen LogP contribution >= 0.6 is 0 Å². The number of urea groups is 1. The molecule has 2 aliphatic heterocycles. The van der Waals surface area contributed by atoms with Crippen molar-refractivity contribution in [3.63, 3.8) is 0 Å². The molecule has 2 saturated heterocycles. The molecule has 3 N–H and O–H groups in total. The van der Waals surface area contributed by atoms with E-state index in [0.29, 0.717) is 12.2 Å². The van der Waals surface area contributed by atoms with Crippen LogP contribution in [0.5, 0.6) is 0 Å². The second kappa shape index (κ2) is 9.49. The van der Waals surface area contributed by atoms with E-state index in [0.717, 1.165) is 24.3 Å². The standard InChI is InChI=1S/C23H24F3N7O5/c1-4-27-19(34)15-14-16(38-22(2,3)37-14)20(36-15)33-10-30-13-17(28-9-29-18(13)33)32-21(35)31-12-7-5-11(6-8-12)23(24,25)26/h5-10,14-16,20H,4H2,1-3H3,(H,27,34)(H2,28,29,31,32,35)/t14-,15+,16-,20-/m1/s1. The zero-order chi connectivity index (χ0) is 27.2. The summed E-state index contributed by atoms with van der Waals surface area (Å²) in [5.41, 5.74) is -0.181. The molecule has 0 radical (unpaired) electrons. The van der Waals surface area contributed by atoms with Crippen molar-refractivity contribution in [2.24, 2.45) is 0 Å². The van der Waals surface area contributed by atoms with Gasteiger partial charge in [0.25, 0.3) is 5.91 Å². The van der Waals surface area contributed by atoms with Gasteiger partial charge in [0, 0.05) is 12.2 Å². The fourth-order valence-corrected chi connectivity index (χ4v) is 4.43. The largest absolute Gasteiger partial charge is 0.416 e. The van der Waals surface area contributed by atoms with Crippen molar-refractivity contribution in [3.8, 4) is 0 Å². The highest BCUT2D eigenvalue weighted by molar-refractivity contribution is 6.02. The molecule has 5 rings (SSSR count). The van der Waals surface area contributed by atoms with Crippen molar-refractivity contribution in [1.82, 2.24) is 24.8 Å². The van der Waals surface area contributed by atoms with E-state index in [-0.39, 0.29) is 22.9 Å². The predicted molar refractivity (Wildman–Crippen MR) is 126 cm³/mol.